The molecule has 0 aliphatic carbocycles. The van der Waals surface area contributed by atoms with E-state index >= 15 is 0 Å². The van der Waals surface area contributed by atoms with Crippen LogP contribution < -0.4 is 10.3 Å². The molecule has 1 N–H and O–H groups in total. The summed E-state index contributed by atoms with van der Waals surface area (Å²) in [6, 6.07) is 5.19. The summed E-state index contributed by atoms with van der Waals surface area (Å²) >= 11 is 0. The van der Waals surface area contributed by atoms with Gasteiger partial charge in [-0.1, -0.05) is 0 Å². The van der Waals surface area contributed by atoms with Gasteiger partial charge in [-0.05, 0) is 24.3 Å². The maximum Gasteiger partial charge on any atom is 0.341 e. The van der Waals surface area contributed by atoms with Gasteiger partial charge in [-0.15, -0.1) is 0 Å². The van der Waals surface area contributed by atoms with Crippen molar-refractivity contribution in [2.75, 3.05) is 11.4 Å². The molecule has 0 unspecified atom stereocenters. The molecule has 29 heavy (non-hydrogen) atoms. The van der Waals surface area contributed by atoms with E-state index in [0.717, 1.165) is 27.8 Å². The van der Waals surface area contributed by atoms with Crippen molar-refractivity contribution in [1.82, 2.24) is 9.55 Å². The Morgan fingerprint density at radius 2 is 1.86 bits per heavy atom. The molecule has 8 nitrogen and oxygen atoms in total. The van der Waals surface area contributed by atoms with Crippen molar-refractivity contribution in [3.05, 3.63) is 63.9 Å². The topological polar surface area (TPSA) is 110 Å². The lowest BCUT2D eigenvalue weighted by Crippen LogP contribution is -2.26. The second-order valence-electron chi connectivity index (χ2n) is 6.38. The summed E-state index contributed by atoms with van der Waals surface area (Å²) in [5.41, 5.74) is -1.88. The number of carboxylic acid groups (broad SMARTS) is 1. The standard InChI is InChI=1S/C19H11F2N3O5/c20-9-1-3-14(13(21)5-9)23-8-12(19(28)29)17(27)11-2-4-15(22-18(11)23)24-7-10(25)6-16(24)26/h1-5,8H,6-7H2,(H,28,29). The summed E-state index contributed by atoms with van der Waals surface area (Å²) in [7, 11) is 0. The number of rotatable bonds is 3. The summed E-state index contributed by atoms with van der Waals surface area (Å²) in [6.45, 7) is -0.195. The Morgan fingerprint density at radius 1 is 1.10 bits per heavy atom. The third kappa shape index (κ3) is 3.04. The van der Waals surface area contributed by atoms with Crippen molar-refractivity contribution < 1.29 is 28.3 Å². The molecule has 1 amide bonds. The van der Waals surface area contributed by atoms with Crippen LogP contribution in [0.1, 0.15) is 16.8 Å². The fourth-order valence-electron chi connectivity index (χ4n) is 3.15. The van der Waals surface area contributed by atoms with E-state index in [1.807, 2.05) is 0 Å². The zero-order chi connectivity index (χ0) is 20.9. The van der Waals surface area contributed by atoms with Crippen LogP contribution in [0.3, 0.4) is 0 Å². The van der Waals surface area contributed by atoms with Crippen LogP contribution in [0.2, 0.25) is 0 Å². The largest absolute Gasteiger partial charge is 0.477 e. The molecule has 0 radical (unpaired) electrons. The molecule has 3 heterocycles. The number of hydrogen-bond acceptors (Lipinski definition) is 5. The number of benzene rings is 1. The Balaban J connectivity index is 2.03. The van der Waals surface area contributed by atoms with Crippen LogP contribution in [0.4, 0.5) is 14.6 Å². The van der Waals surface area contributed by atoms with Crippen LogP contribution in [0.5, 0.6) is 0 Å². The SMILES string of the molecule is O=C1CC(=O)N(c2ccc3c(=O)c(C(=O)O)cn(-c4ccc(F)cc4F)c3n2)C1. The predicted octanol–water partition coefficient (Wildman–Crippen LogP) is 1.67. The van der Waals surface area contributed by atoms with Gasteiger partial charge in [-0.25, -0.2) is 18.6 Å². The van der Waals surface area contributed by atoms with Crippen LogP contribution in [0.15, 0.2) is 41.3 Å². The number of hydrogen-bond donors (Lipinski definition) is 1. The number of carbonyl (C=O) groups is 3. The number of aromatic carboxylic acids is 1. The van der Waals surface area contributed by atoms with Crippen molar-refractivity contribution >= 4 is 34.5 Å². The monoisotopic (exact) mass is 399 g/mol. The first-order valence-corrected chi connectivity index (χ1v) is 8.33. The molecular weight excluding hydrogens is 388 g/mol. The Hall–Kier alpha value is -3.95. The smallest absolute Gasteiger partial charge is 0.341 e. The third-order valence-electron chi connectivity index (χ3n) is 4.50. The molecule has 1 aromatic carbocycles. The molecule has 1 fully saturated rings. The van der Waals surface area contributed by atoms with Gasteiger partial charge < -0.3 is 5.11 Å². The summed E-state index contributed by atoms with van der Waals surface area (Å²) in [4.78, 5) is 52.8. The third-order valence-corrected chi connectivity index (χ3v) is 4.50. The summed E-state index contributed by atoms with van der Waals surface area (Å²) in [5, 5.41) is 9.18. The molecule has 0 spiro atoms. The Kier molecular flexibility index (Phi) is 4.18. The number of fused-ring (bicyclic) bond motifs is 1. The van der Waals surface area contributed by atoms with Gasteiger partial charge in [0.05, 0.1) is 24.0 Å². The molecular formula is C19H11F2N3O5. The number of Topliss-reactive ketones (excluding diaryl/α,β-unsaturated/α-hetero) is 1. The number of halogens is 2. The summed E-state index contributed by atoms with van der Waals surface area (Å²) in [6.07, 6.45) is 0.605. The number of aromatic nitrogens is 2. The highest BCUT2D eigenvalue weighted by Crippen LogP contribution is 2.24. The minimum Gasteiger partial charge on any atom is -0.477 e. The second-order valence-corrected chi connectivity index (χ2v) is 6.38. The zero-order valence-electron chi connectivity index (χ0n) is 14.6. The lowest BCUT2D eigenvalue weighted by Gasteiger charge is -2.17. The molecule has 0 bridgehead atoms. The normalized spacial score (nSPS) is 14.1. The van der Waals surface area contributed by atoms with Crippen molar-refractivity contribution in [3.63, 3.8) is 0 Å². The van der Waals surface area contributed by atoms with E-state index in [1.54, 1.807) is 0 Å². The van der Waals surface area contributed by atoms with Gasteiger partial charge in [0.2, 0.25) is 11.3 Å². The maximum atomic E-state index is 14.4. The zero-order valence-corrected chi connectivity index (χ0v) is 14.6. The molecule has 146 valence electrons. The van der Waals surface area contributed by atoms with Crippen molar-refractivity contribution in [2.24, 2.45) is 0 Å². The van der Waals surface area contributed by atoms with E-state index in [0.29, 0.717) is 6.07 Å². The average Bonchev–Trinajstić information content (AvgIpc) is 3.00. The van der Waals surface area contributed by atoms with Crippen molar-refractivity contribution in [2.45, 2.75) is 6.42 Å². The number of nitrogens with zero attached hydrogens (tertiary/aromatic N) is 3. The predicted molar refractivity (Wildman–Crippen MR) is 96.2 cm³/mol. The van der Waals surface area contributed by atoms with Crippen molar-refractivity contribution in [3.8, 4) is 5.69 Å². The van der Waals surface area contributed by atoms with Crippen LogP contribution in [0, 0.1) is 11.6 Å². The summed E-state index contributed by atoms with van der Waals surface area (Å²) in [5.74, 6) is -4.12. The number of ketones is 1. The van der Waals surface area contributed by atoms with Crippen LogP contribution in [-0.2, 0) is 9.59 Å². The quantitative estimate of drug-likeness (QED) is 0.671. The maximum absolute atomic E-state index is 14.4. The molecule has 4 rings (SSSR count). The van der Waals surface area contributed by atoms with E-state index < -0.39 is 34.5 Å². The van der Waals surface area contributed by atoms with Gasteiger partial charge in [0.1, 0.15) is 23.0 Å². The Bertz CT molecular complexity index is 1280. The average molecular weight is 399 g/mol. The first-order valence-electron chi connectivity index (χ1n) is 8.33. The number of carboxylic acids is 1. The summed E-state index contributed by atoms with van der Waals surface area (Å²) < 4.78 is 28.7. The Morgan fingerprint density at radius 3 is 2.48 bits per heavy atom. The molecule has 1 aliphatic rings. The molecule has 0 atom stereocenters. The fraction of sp³-hybridized carbons (Fsp3) is 0.105. The fourth-order valence-corrected chi connectivity index (χ4v) is 3.15. The Labute approximate surface area is 160 Å². The minimum absolute atomic E-state index is 0.0482. The van der Waals surface area contributed by atoms with Gasteiger partial charge in [0, 0.05) is 12.3 Å². The number of pyridine rings is 2. The van der Waals surface area contributed by atoms with Gasteiger partial charge >= 0.3 is 5.97 Å². The van der Waals surface area contributed by atoms with E-state index in [4.69, 9.17) is 0 Å². The molecule has 1 aliphatic heterocycles. The minimum atomic E-state index is -1.53. The van der Waals surface area contributed by atoms with E-state index in [-0.39, 0.29) is 41.3 Å². The first kappa shape index (κ1) is 18.4. The van der Waals surface area contributed by atoms with E-state index in [1.165, 1.54) is 12.1 Å². The molecule has 3 aromatic rings. The molecule has 1 saturated heterocycles. The van der Waals surface area contributed by atoms with Crippen LogP contribution in [-0.4, -0.2) is 38.9 Å². The molecule has 10 heteroatoms. The van der Waals surface area contributed by atoms with Crippen LogP contribution >= 0.6 is 0 Å². The van der Waals surface area contributed by atoms with Crippen molar-refractivity contribution in [1.29, 1.82) is 0 Å². The second kappa shape index (κ2) is 6.59. The van der Waals surface area contributed by atoms with Gasteiger partial charge in [0.15, 0.2) is 11.4 Å². The van der Waals surface area contributed by atoms with Gasteiger partial charge in [0.25, 0.3) is 0 Å². The first-order chi connectivity index (χ1) is 13.8. The molecule has 0 saturated carbocycles. The van der Waals surface area contributed by atoms with Crippen LogP contribution in [0.25, 0.3) is 16.7 Å². The molecule has 2 aromatic heterocycles. The number of carbonyl (C=O) groups excluding carboxylic acids is 2. The number of anilines is 1. The van der Waals surface area contributed by atoms with Gasteiger partial charge in [-0.3, -0.25) is 23.9 Å². The highest BCUT2D eigenvalue weighted by Gasteiger charge is 2.30. The van der Waals surface area contributed by atoms with E-state index in [9.17, 15) is 33.1 Å². The highest BCUT2D eigenvalue weighted by atomic mass is 19.1. The van der Waals surface area contributed by atoms with Gasteiger partial charge in [-0.2, -0.15) is 0 Å². The number of amides is 1. The van der Waals surface area contributed by atoms with E-state index in [2.05, 4.69) is 4.98 Å². The lowest BCUT2D eigenvalue weighted by atomic mass is 10.1. The lowest BCUT2D eigenvalue weighted by molar-refractivity contribution is -0.121. The highest BCUT2D eigenvalue weighted by molar-refractivity contribution is 6.14.